The average Bonchev–Trinajstić information content (AvgIpc) is 3.41. The first kappa shape index (κ1) is 20.4. The smallest absolute Gasteiger partial charge is 0.150 e. The predicted molar refractivity (Wildman–Crippen MR) is 122 cm³/mol. The van der Waals surface area contributed by atoms with E-state index < -0.39 is 6.10 Å². The molecule has 0 radical (unpaired) electrons. The molecule has 31 heavy (non-hydrogen) atoms. The van der Waals surface area contributed by atoms with Gasteiger partial charge in [0.1, 0.15) is 29.8 Å². The number of benzene rings is 2. The molecule has 0 bridgehead atoms. The zero-order valence-electron chi connectivity index (χ0n) is 17.4. The molecule has 2 N–H and O–H groups in total. The van der Waals surface area contributed by atoms with Crippen LogP contribution in [0.5, 0.6) is 5.75 Å². The van der Waals surface area contributed by atoms with Crippen molar-refractivity contribution in [3.8, 4) is 5.75 Å². The maximum atomic E-state index is 14.0. The lowest BCUT2D eigenvalue weighted by Gasteiger charge is -2.38. The van der Waals surface area contributed by atoms with Gasteiger partial charge in [0.15, 0.2) is 0 Å². The van der Waals surface area contributed by atoms with Crippen LogP contribution < -0.4 is 4.74 Å². The molecule has 3 atom stereocenters. The van der Waals surface area contributed by atoms with Crippen LogP contribution in [0, 0.1) is 5.82 Å². The number of H-pyrrole nitrogens is 1. The Labute approximate surface area is 184 Å². The fourth-order valence-electron chi connectivity index (χ4n) is 4.51. The van der Waals surface area contributed by atoms with E-state index in [1.165, 1.54) is 6.07 Å². The predicted octanol–water partition coefficient (Wildman–Crippen LogP) is 4.92. The maximum absolute atomic E-state index is 14.0. The molecule has 2 aromatic heterocycles. The lowest BCUT2D eigenvalue weighted by molar-refractivity contribution is 0.0405. The number of likely N-dealkylation sites (tertiary alicyclic amines) is 1. The highest BCUT2D eigenvalue weighted by atomic mass is 32.1. The van der Waals surface area contributed by atoms with Gasteiger partial charge in [-0.1, -0.05) is 12.1 Å². The largest absolute Gasteiger partial charge is 0.490 e. The highest BCUT2D eigenvalue weighted by molar-refractivity contribution is 7.18. The number of nitrogens with zero attached hydrogens (tertiary/aromatic N) is 2. The maximum Gasteiger partial charge on any atom is 0.150 e. The summed E-state index contributed by atoms with van der Waals surface area (Å²) in [7, 11) is 0. The lowest BCUT2D eigenvalue weighted by Crippen LogP contribution is -2.45. The summed E-state index contributed by atoms with van der Waals surface area (Å²) in [5, 5.41) is 12.6. The van der Waals surface area contributed by atoms with Crippen molar-refractivity contribution >= 4 is 32.5 Å². The number of β-amino-alcohol motifs (C(OH)–C–C–N with tert-alkyl or cyclic N) is 1. The van der Waals surface area contributed by atoms with Gasteiger partial charge < -0.3 is 14.8 Å². The van der Waals surface area contributed by atoms with E-state index in [0.29, 0.717) is 24.0 Å². The van der Waals surface area contributed by atoms with Crippen LogP contribution in [0.1, 0.15) is 30.7 Å². The van der Waals surface area contributed by atoms with Crippen molar-refractivity contribution < 1.29 is 14.2 Å². The molecule has 2 aromatic carbocycles. The molecule has 0 spiro atoms. The summed E-state index contributed by atoms with van der Waals surface area (Å²) in [4.78, 5) is 10.1. The van der Waals surface area contributed by atoms with Gasteiger partial charge in [-0.05, 0) is 56.6 Å². The number of hydrogen-bond donors (Lipinski definition) is 2. The molecule has 0 aliphatic carbocycles. The van der Waals surface area contributed by atoms with Crippen LogP contribution in [0.25, 0.3) is 21.1 Å². The van der Waals surface area contributed by atoms with Gasteiger partial charge >= 0.3 is 0 Å². The first-order chi connectivity index (χ1) is 15.1. The minimum Gasteiger partial charge on any atom is -0.490 e. The van der Waals surface area contributed by atoms with E-state index in [1.54, 1.807) is 17.4 Å². The highest BCUT2D eigenvalue weighted by Gasteiger charge is 2.29. The Hall–Kier alpha value is -2.48. The van der Waals surface area contributed by atoms with Crippen molar-refractivity contribution in [2.75, 3.05) is 19.7 Å². The molecule has 7 heteroatoms. The number of aliphatic hydroxyl groups excluding tert-OH is 1. The van der Waals surface area contributed by atoms with Crippen LogP contribution in [-0.2, 0) is 0 Å². The number of hydrogen-bond acceptors (Lipinski definition) is 5. The summed E-state index contributed by atoms with van der Waals surface area (Å²) >= 11 is 1.60. The van der Waals surface area contributed by atoms with Crippen LogP contribution in [0.3, 0.4) is 0 Å². The number of thiazole rings is 1. The first-order valence-corrected chi connectivity index (χ1v) is 11.6. The van der Waals surface area contributed by atoms with Crippen LogP contribution in [0.4, 0.5) is 4.39 Å². The lowest BCUT2D eigenvalue weighted by atomic mass is 9.92. The summed E-state index contributed by atoms with van der Waals surface area (Å²) in [5.74, 6) is 0.874. The first-order valence-electron chi connectivity index (χ1n) is 10.7. The Balaban J connectivity index is 1.18. The molecule has 5 rings (SSSR count). The summed E-state index contributed by atoms with van der Waals surface area (Å²) in [5.41, 5.74) is 1.51. The van der Waals surface area contributed by atoms with Crippen molar-refractivity contribution in [2.24, 2.45) is 0 Å². The number of ether oxygens (including phenoxy) is 1. The number of fused-ring (bicyclic) bond motifs is 2. The van der Waals surface area contributed by atoms with Gasteiger partial charge in [0.25, 0.3) is 0 Å². The number of rotatable bonds is 6. The van der Waals surface area contributed by atoms with E-state index in [4.69, 9.17) is 4.74 Å². The minimum absolute atomic E-state index is 0.246. The fourth-order valence-corrected chi connectivity index (χ4v) is 5.64. The molecule has 162 valence electrons. The summed E-state index contributed by atoms with van der Waals surface area (Å²) in [6.07, 6.45) is 3.24. The van der Waals surface area contributed by atoms with E-state index in [-0.39, 0.29) is 12.4 Å². The standard InChI is InChI=1S/C24H26FN3O2S/c1-15-12-16(24-27-23-19(25)4-2-7-22(23)31-24)9-11-28(15)13-17(29)14-30-21-6-3-5-20-18(21)8-10-26-20/h2-8,10,15-17,26,29H,9,11-14H2,1H3/t15-,16-,17+/m1/s1. The quantitative estimate of drug-likeness (QED) is 0.447. The topological polar surface area (TPSA) is 61.4 Å². The molecule has 1 saturated heterocycles. The van der Waals surface area contributed by atoms with E-state index >= 15 is 0 Å². The average molecular weight is 440 g/mol. The van der Waals surface area contributed by atoms with Gasteiger partial charge in [-0.25, -0.2) is 9.37 Å². The number of halogens is 1. The molecule has 1 aliphatic heterocycles. The van der Waals surface area contributed by atoms with Crippen LogP contribution in [0.2, 0.25) is 0 Å². The van der Waals surface area contributed by atoms with Crippen molar-refractivity contribution in [1.82, 2.24) is 14.9 Å². The van der Waals surface area contributed by atoms with Crippen molar-refractivity contribution in [3.63, 3.8) is 0 Å². The Bertz CT molecular complexity index is 1190. The zero-order valence-corrected chi connectivity index (χ0v) is 18.2. The Morgan fingerprint density at radius 3 is 3.00 bits per heavy atom. The van der Waals surface area contributed by atoms with Crippen molar-refractivity contribution in [2.45, 2.75) is 37.8 Å². The third-order valence-electron chi connectivity index (χ3n) is 6.18. The van der Waals surface area contributed by atoms with Gasteiger partial charge in [-0.3, -0.25) is 4.90 Å². The van der Waals surface area contributed by atoms with Gasteiger partial charge in [0.2, 0.25) is 0 Å². The van der Waals surface area contributed by atoms with Crippen LogP contribution in [0.15, 0.2) is 48.7 Å². The number of aliphatic hydroxyl groups is 1. The number of aromatic amines is 1. The van der Waals surface area contributed by atoms with Crippen molar-refractivity contribution in [1.29, 1.82) is 0 Å². The SMILES string of the molecule is C[C@@H]1C[C@H](c2nc3c(F)cccc3s2)CCN1C[C@H](O)COc1cccc2[nH]ccc12. The van der Waals surface area contributed by atoms with Gasteiger partial charge in [-0.2, -0.15) is 0 Å². The third-order valence-corrected chi connectivity index (χ3v) is 7.36. The molecule has 4 aromatic rings. The number of aromatic nitrogens is 2. The molecule has 0 unspecified atom stereocenters. The second-order valence-electron chi connectivity index (χ2n) is 8.36. The minimum atomic E-state index is -0.565. The normalized spacial score (nSPS) is 21.0. The second kappa shape index (κ2) is 8.57. The Kier molecular flexibility index (Phi) is 5.65. The highest BCUT2D eigenvalue weighted by Crippen LogP contribution is 2.36. The van der Waals surface area contributed by atoms with Gasteiger partial charge in [0.05, 0.1) is 9.71 Å². The van der Waals surface area contributed by atoms with Gasteiger partial charge in [0, 0.05) is 35.6 Å². The second-order valence-corrected chi connectivity index (χ2v) is 9.43. The third kappa shape index (κ3) is 4.18. The van der Waals surface area contributed by atoms with E-state index in [2.05, 4.69) is 21.8 Å². The summed E-state index contributed by atoms with van der Waals surface area (Å²) < 4.78 is 20.8. The fraction of sp³-hybridized carbons (Fsp3) is 0.375. The number of nitrogens with one attached hydrogen (secondary N) is 1. The van der Waals surface area contributed by atoms with Crippen molar-refractivity contribution in [3.05, 3.63) is 59.5 Å². The van der Waals surface area contributed by atoms with Gasteiger partial charge in [-0.15, -0.1) is 11.3 Å². The molecular weight excluding hydrogens is 413 g/mol. The number of piperidine rings is 1. The molecule has 0 amide bonds. The molecule has 1 fully saturated rings. The molecule has 5 nitrogen and oxygen atoms in total. The Morgan fingerprint density at radius 2 is 2.16 bits per heavy atom. The molecular formula is C24H26FN3O2S. The zero-order chi connectivity index (χ0) is 21.4. The summed E-state index contributed by atoms with van der Waals surface area (Å²) in [6.45, 7) is 3.91. The molecule has 3 heterocycles. The summed E-state index contributed by atoms with van der Waals surface area (Å²) in [6, 6.07) is 13.3. The molecule has 1 aliphatic rings. The molecule has 0 saturated carbocycles. The monoisotopic (exact) mass is 439 g/mol. The number of para-hydroxylation sites is 1. The van der Waals surface area contributed by atoms with E-state index in [9.17, 15) is 9.50 Å². The van der Waals surface area contributed by atoms with E-state index in [0.717, 1.165) is 45.7 Å². The van der Waals surface area contributed by atoms with Crippen LogP contribution in [-0.4, -0.2) is 51.8 Å². The Morgan fingerprint density at radius 1 is 1.29 bits per heavy atom. The van der Waals surface area contributed by atoms with Crippen LogP contribution >= 0.6 is 11.3 Å². The van der Waals surface area contributed by atoms with E-state index in [1.807, 2.05) is 36.5 Å².